The number of nitrogens with two attached hydrogens (primary N) is 1. The van der Waals surface area contributed by atoms with Crippen molar-refractivity contribution in [2.24, 2.45) is 17.1 Å². The van der Waals surface area contributed by atoms with E-state index in [1.54, 1.807) is 0 Å². The Balaban J connectivity index is 2.04. The first-order valence-corrected chi connectivity index (χ1v) is 9.70. The molecule has 0 radical (unpaired) electrons. The lowest BCUT2D eigenvalue weighted by Gasteiger charge is -2.48. The first kappa shape index (κ1) is 17.8. The molecule has 0 aromatic heterocycles. The van der Waals surface area contributed by atoms with Crippen LogP contribution in [0.3, 0.4) is 0 Å². The quantitative estimate of drug-likeness (QED) is 0.751. The number of allylic oxidation sites excluding steroid dienone is 2. The van der Waals surface area contributed by atoms with Gasteiger partial charge in [0, 0.05) is 28.4 Å². The number of hydrogen-bond acceptors (Lipinski definition) is 5. The van der Waals surface area contributed by atoms with Crippen LogP contribution in [0.15, 0.2) is 51.7 Å². The normalized spacial score (nSPS) is 31.3. The molecule has 0 spiro atoms. The van der Waals surface area contributed by atoms with Gasteiger partial charge in [0.1, 0.15) is 6.07 Å². The van der Waals surface area contributed by atoms with Gasteiger partial charge in [-0.25, -0.2) is 0 Å². The number of halogens is 1. The van der Waals surface area contributed by atoms with Crippen molar-refractivity contribution in [1.29, 1.82) is 15.8 Å². The maximum Gasteiger partial charge on any atom is 0.191 e. The van der Waals surface area contributed by atoms with Crippen molar-refractivity contribution in [3.63, 3.8) is 0 Å². The molecule has 2 heterocycles. The Morgan fingerprint density at radius 2 is 1.81 bits per heavy atom. The highest BCUT2D eigenvalue weighted by Gasteiger charge is 2.58. The van der Waals surface area contributed by atoms with E-state index in [1.807, 2.05) is 24.3 Å². The van der Waals surface area contributed by atoms with Crippen LogP contribution in [0.4, 0.5) is 0 Å². The molecule has 134 valence electrons. The van der Waals surface area contributed by atoms with Gasteiger partial charge in [0.2, 0.25) is 0 Å². The highest BCUT2D eigenvalue weighted by atomic mass is 79.9. The number of rotatable bonds is 1. The summed E-state index contributed by atoms with van der Waals surface area (Å²) in [4.78, 5) is 2.32. The molecule has 3 aliphatic rings. The predicted molar refractivity (Wildman–Crippen MR) is 104 cm³/mol. The molecule has 2 bridgehead atoms. The third-order valence-corrected chi connectivity index (χ3v) is 6.98. The average molecular weight is 420 g/mol. The van der Waals surface area contributed by atoms with Gasteiger partial charge in [-0.05, 0) is 43.2 Å². The van der Waals surface area contributed by atoms with E-state index >= 15 is 0 Å². The van der Waals surface area contributed by atoms with E-state index in [0.29, 0.717) is 5.57 Å². The van der Waals surface area contributed by atoms with Crippen LogP contribution >= 0.6 is 15.9 Å². The number of nitriles is 3. The van der Waals surface area contributed by atoms with Crippen LogP contribution in [0, 0.1) is 45.3 Å². The molecule has 4 atom stereocenters. The van der Waals surface area contributed by atoms with Crippen LogP contribution in [0.1, 0.15) is 24.3 Å². The monoisotopic (exact) mass is 419 g/mol. The number of nitrogens with zero attached hydrogens (tertiary/aromatic N) is 4. The van der Waals surface area contributed by atoms with Crippen LogP contribution < -0.4 is 5.73 Å². The maximum absolute atomic E-state index is 10.1. The minimum Gasteiger partial charge on any atom is -0.399 e. The van der Waals surface area contributed by atoms with Gasteiger partial charge in [-0.15, -0.1) is 0 Å². The van der Waals surface area contributed by atoms with E-state index in [4.69, 9.17) is 5.73 Å². The Bertz CT molecular complexity index is 971. The van der Waals surface area contributed by atoms with E-state index in [0.717, 1.165) is 28.5 Å². The zero-order chi connectivity index (χ0) is 19.3. The standard InChI is InChI=1S/C21H18BrN5/c1-27-14-6-7-17(27)18-15(8-14)16(9-23)20(26)21(10-24,11-25)19(18)12-2-4-13(22)5-3-12/h2-5,8,14,17-19H,6-7,26H2,1H3/t14?,17?,18-,19-/m0/s1. The van der Waals surface area contributed by atoms with Gasteiger partial charge < -0.3 is 5.73 Å². The second kappa shape index (κ2) is 6.24. The number of hydrogen-bond donors (Lipinski definition) is 1. The third-order valence-electron chi connectivity index (χ3n) is 6.45. The molecule has 2 aliphatic heterocycles. The second-order valence-corrected chi connectivity index (χ2v) is 8.40. The molecule has 2 N–H and O–H groups in total. The largest absolute Gasteiger partial charge is 0.399 e. The fraction of sp³-hybridized carbons (Fsp3) is 0.381. The Morgan fingerprint density at radius 1 is 1.15 bits per heavy atom. The molecule has 5 nitrogen and oxygen atoms in total. The molecule has 4 rings (SSSR count). The van der Waals surface area contributed by atoms with Crippen molar-refractivity contribution < 1.29 is 0 Å². The molecule has 6 heteroatoms. The van der Waals surface area contributed by atoms with Crippen molar-refractivity contribution in [3.05, 3.63) is 57.2 Å². The van der Waals surface area contributed by atoms with Gasteiger partial charge in [0.15, 0.2) is 5.41 Å². The van der Waals surface area contributed by atoms with Crippen molar-refractivity contribution in [2.45, 2.75) is 30.8 Å². The third kappa shape index (κ3) is 2.29. The highest BCUT2D eigenvalue weighted by molar-refractivity contribution is 9.10. The van der Waals surface area contributed by atoms with Gasteiger partial charge >= 0.3 is 0 Å². The Labute approximate surface area is 167 Å². The summed E-state index contributed by atoms with van der Waals surface area (Å²) < 4.78 is 0.931. The summed E-state index contributed by atoms with van der Waals surface area (Å²) in [5.41, 5.74) is 7.01. The Morgan fingerprint density at radius 3 is 2.41 bits per heavy atom. The molecule has 1 fully saturated rings. The van der Waals surface area contributed by atoms with Gasteiger partial charge in [0.25, 0.3) is 0 Å². The summed E-state index contributed by atoms with van der Waals surface area (Å²) in [6.45, 7) is 0. The second-order valence-electron chi connectivity index (χ2n) is 7.49. The molecular weight excluding hydrogens is 402 g/mol. The first-order valence-electron chi connectivity index (χ1n) is 8.90. The molecular formula is C21H18BrN5. The predicted octanol–water partition coefficient (Wildman–Crippen LogP) is 3.34. The molecule has 2 unspecified atom stereocenters. The minimum atomic E-state index is -1.56. The van der Waals surface area contributed by atoms with Crippen molar-refractivity contribution in [1.82, 2.24) is 4.90 Å². The number of likely N-dealkylation sites (N-methyl/N-ethyl adjacent to an activating group) is 1. The van der Waals surface area contributed by atoms with E-state index in [9.17, 15) is 15.8 Å². The van der Waals surface area contributed by atoms with Crippen LogP contribution in [-0.2, 0) is 0 Å². The average Bonchev–Trinajstić information content (AvgIpc) is 2.91. The van der Waals surface area contributed by atoms with Gasteiger partial charge in [0.05, 0.1) is 23.4 Å². The molecule has 1 aromatic carbocycles. The molecule has 1 saturated heterocycles. The smallest absolute Gasteiger partial charge is 0.191 e. The van der Waals surface area contributed by atoms with Crippen molar-refractivity contribution >= 4 is 15.9 Å². The van der Waals surface area contributed by atoms with Crippen molar-refractivity contribution in [2.75, 3.05) is 7.05 Å². The summed E-state index contributed by atoms with van der Waals surface area (Å²) >= 11 is 3.45. The molecule has 0 amide bonds. The topological polar surface area (TPSA) is 101 Å². The number of benzene rings is 1. The van der Waals surface area contributed by atoms with E-state index in [2.05, 4.69) is 52.2 Å². The summed E-state index contributed by atoms with van der Waals surface area (Å²) in [7, 11) is 2.09. The lowest BCUT2D eigenvalue weighted by molar-refractivity contribution is 0.160. The van der Waals surface area contributed by atoms with Crippen molar-refractivity contribution in [3.8, 4) is 18.2 Å². The Hall–Kier alpha value is -2.59. The minimum absolute atomic E-state index is 0.0920. The first-order chi connectivity index (χ1) is 13.0. The summed E-state index contributed by atoms with van der Waals surface area (Å²) in [6, 6.07) is 14.8. The zero-order valence-corrected chi connectivity index (χ0v) is 16.4. The van der Waals surface area contributed by atoms with Crippen LogP contribution in [0.25, 0.3) is 0 Å². The molecule has 1 aliphatic carbocycles. The maximum atomic E-state index is 10.1. The molecule has 1 aromatic rings. The lowest BCUT2D eigenvalue weighted by Crippen LogP contribution is -2.51. The highest BCUT2D eigenvalue weighted by Crippen LogP contribution is 2.58. The van der Waals surface area contributed by atoms with Crippen LogP contribution in [-0.4, -0.2) is 24.0 Å². The van der Waals surface area contributed by atoms with Crippen LogP contribution in [0.5, 0.6) is 0 Å². The fourth-order valence-corrected chi connectivity index (χ4v) is 5.40. The lowest BCUT2D eigenvalue weighted by atomic mass is 9.56. The Kier molecular flexibility index (Phi) is 4.11. The van der Waals surface area contributed by atoms with Crippen LogP contribution in [0.2, 0.25) is 0 Å². The van der Waals surface area contributed by atoms with E-state index < -0.39 is 11.3 Å². The zero-order valence-electron chi connectivity index (χ0n) is 14.9. The number of fused-ring (bicyclic) bond motifs is 4. The summed E-state index contributed by atoms with van der Waals surface area (Å²) in [5, 5.41) is 30.0. The van der Waals surface area contributed by atoms with E-state index in [-0.39, 0.29) is 23.7 Å². The van der Waals surface area contributed by atoms with Gasteiger partial charge in [-0.2, -0.15) is 15.8 Å². The van der Waals surface area contributed by atoms with Gasteiger partial charge in [-0.1, -0.05) is 34.1 Å². The summed E-state index contributed by atoms with van der Waals surface area (Å²) in [6.07, 6.45) is 4.12. The molecule has 27 heavy (non-hydrogen) atoms. The van der Waals surface area contributed by atoms with E-state index in [1.165, 1.54) is 0 Å². The summed E-state index contributed by atoms with van der Waals surface area (Å²) in [5.74, 6) is -0.536. The SMILES string of the molecule is CN1C2C=C3C(C#N)=C(N)C(C#N)(C#N)[C@@H](c4ccc(Br)cc4)[C@@H]3C1CC2. The van der Waals surface area contributed by atoms with Gasteiger partial charge in [-0.3, -0.25) is 4.90 Å². The fourth-order valence-electron chi connectivity index (χ4n) is 5.13. The molecule has 0 saturated carbocycles.